The molecule has 3 aromatic heterocycles. The first kappa shape index (κ1) is 10.7. The number of nitriles is 1. The largest absolute Gasteiger partial charge is 0.242 e. The van der Waals surface area contributed by atoms with E-state index in [1.807, 2.05) is 0 Å². The van der Waals surface area contributed by atoms with Gasteiger partial charge in [0, 0.05) is 9.75 Å². The Kier molecular flexibility index (Phi) is 2.77. The molecule has 0 unspecified atom stereocenters. The van der Waals surface area contributed by atoms with E-state index >= 15 is 0 Å². The van der Waals surface area contributed by atoms with E-state index in [1.54, 1.807) is 28.9 Å². The van der Waals surface area contributed by atoms with Gasteiger partial charge in [-0.25, -0.2) is 4.98 Å². The summed E-state index contributed by atoms with van der Waals surface area (Å²) in [4.78, 5) is 8.57. The summed E-state index contributed by atoms with van der Waals surface area (Å²) in [5.41, 5.74) is 0. The molecule has 3 rings (SSSR count). The minimum Gasteiger partial charge on any atom is -0.242 e. The van der Waals surface area contributed by atoms with E-state index in [0.29, 0.717) is 4.88 Å². The maximum absolute atomic E-state index is 8.78. The predicted octanol–water partition coefficient (Wildman–Crippen LogP) is 4.47. The van der Waals surface area contributed by atoms with Crippen LogP contribution >= 0.6 is 34.0 Å². The van der Waals surface area contributed by atoms with Crippen molar-refractivity contribution in [1.82, 2.24) is 4.98 Å². The maximum Gasteiger partial charge on any atom is 0.134 e. The van der Waals surface area contributed by atoms with E-state index in [1.165, 1.54) is 21.1 Å². The molecule has 17 heavy (non-hydrogen) atoms. The van der Waals surface area contributed by atoms with Crippen molar-refractivity contribution in [2.75, 3.05) is 0 Å². The Hall–Kier alpha value is -1.48. The highest BCUT2D eigenvalue weighted by molar-refractivity contribution is 7.26. The number of nitrogens with zero attached hydrogens (tertiary/aromatic N) is 2. The number of rotatable bonds is 2. The number of thiophene rings is 2. The Morgan fingerprint density at radius 2 is 1.94 bits per heavy atom. The topological polar surface area (TPSA) is 36.7 Å². The quantitative estimate of drug-likeness (QED) is 0.691. The van der Waals surface area contributed by atoms with Crippen LogP contribution in [0.5, 0.6) is 0 Å². The highest BCUT2D eigenvalue weighted by atomic mass is 32.1. The van der Waals surface area contributed by atoms with Crippen LogP contribution < -0.4 is 0 Å². The Bertz CT molecular complexity index is 671. The van der Waals surface area contributed by atoms with Crippen molar-refractivity contribution in [3.8, 4) is 25.7 Å². The number of hydrogen-bond acceptors (Lipinski definition) is 5. The van der Waals surface area contributed by atoms with Crippen molar-refractivity contribution < 1.29 is 0 Å². The van der Waals surface area contributed by atoms with Gasteiger partial charge in [-0.2, -0.15) is 5.26 Å². The van der Waals surface area contributed by atoms with Gasteiger partial charge in [0.25, 0.3) is 0 Å². The van der Waals surface area contributed by atoms with Crippen LogP contribution in [0.2, 0.25) is 0 Å². The summed E-state index contributed by atoms with van der Waals surface area (Å²) in [6.07, 6.45) is 1.63. The molecular formula is C12H6N2S3. The van der Waals surface area contributed by atoms with Gasteiger partial charge in [0.05, 0.1) is 11.1 Å². The molecule has 0 saturated heterocycles. The molecule has 0 aliphatic rings. The number of aromatic nitrogens is 1. The average molecular weight is 274 g/mol. The molecule has 0 aliphatic heterocycles. The standard InChI is InChI=1S/C12H6N2S3/c13-6-8-7-14-12(16-8)11-4-3-10(17-11)9-2-1-5-15-9/h1-5,7H. The molecule has 0 aromatic carbocycles. The van der Waals surface area contributed by atoms with Crippen LogP contribution in [0.15, 0.2) is 35.8 Å². The monoisotopic (exact) mass is 274 g/mol. The Morgan fingerprint density at radius 1 is 1.06 bits per heavy atom. The first-order valence-corrected chi connectivity index (χ1v) is 7.38. The van der Waals surface area contributed by atoms with Crippen LogP contribution in [0.1, 0.15) is 4.88 Å². The zero-order valence-electron chi connectivity index (χ0n) is 8.58. The molecule has 0 fully saturated rings. The van der Waals surface area contributed by atoms with Gasteiger partial charge >= 0.3 is 0 Å². The lowest BCUT2D eigenvalue weighted by Gasteiger charge is -1.88. The summed E-state index contributed by atoms with van der Waals surface area (Å²) in [6, 6.07) is 10.5. The van der Waals surface area contributed by atoms with Crippen molar-refractivity contribution in [1.29, 1.82) is 5.26 Å². The maximum atomic E-state index is 8.78. The molecule has 82 valence electrons. The summed E-state index contributed by atoms with van der Waals surface area (Å²) in [5.74, 6) is 0. The predicted molar refractivity (Wildman–Crippen MR) is 73.5 cm³/mol. The molecule has 0 atom stereocenters. The van der Waals surface area contributed by atoms with Gasteiger partial charge < -0.3 is 0 Å². The summed E-state index contributed by atoms with van der Waals surface area (Å²) >= 11 is 4.89. The summed E-state index contributed by atoms with van der Waals surface area (Å²) in [6.45, 7) is 0. The van der Waals surface area contributed by atoms with E-state index < -0.39 is 0 Å². The molecule has 2 nitrogen and oxygen atoms in total. The minimum absolute atomic E-state index is 0.658. The molecular weight excluding hydrogens is 268 g/mol. The van der Waals surface area contributed by atoms with Crippen LogP contribution in [-0.4, -0.2) is 4.98 Å². The molecule has 0 bridgehead atoms. The smallest absolute Gasteiger partial charge is 0.134 e. The average Bonchev–Trinajstić information content (AvgIpc) is 3.09. The summed E-state index contributed by atoms with van der Waals surface area (Å²) in [7, 11) is 0. The van der Waals surface area contributed by atoms with Gasteiger partial charge in [0.15, 0.2) is 0 Å². The molecule has 3 heterocycles. The molecule has 0 radical (unpaired) electrons. The lowest BCUT2D eigenvalue weighted by Crippen LogP contribution is -1.63. The second-order valence-corrected chi connectivity index (χ2v) is 6.34. The number of thiazole rings is 1. The van der Waals surface area contributed by atoms with Crippen LogP contribution in [0.4, 0.5) is 0 Å². The third-order valence-corrected chi connectivity index (χ3v) is 5.42. The fraction of sp³-hybridized carbons (Fsp3) is 0. The van der Waals surface area contributed by atoms with Gasteiger partial charge in [-0.1, -0.05) is 6.07 Å². The highest BCUT2D eigenvalue weighted by Gasteiger charge is 2.09. The lowest BCUT2D eigenvalue weighted by molar-refractivity contribution is 1.41. The van der Waals surface area contributed by atoms with E-state index in [-0.39, 0.29) is 0 Å². The van der Waals surface area contributed by atoms with Gasteiger partial charge in [-0.15, -0.1) is 34.0 Å². The van der Waals surface area contributed by atoms with Crippen molar-refractivity contribution in [2.24, 2.45) is 0 Å². The summed E-state index contributed by atoms with van der Waals surface area (Å²) in [5, 5.41) is 11.8. The number of hydrogen-bond donors (Lipinski definition) is 0. The zero-order chi connectivity index (χ0) is 11.7. The molecule has 0 spiro atoms. The zero-order valence-corrected chi connectivity index (χ0v) is 11.0. The van der Waals surface area contributed by atoms with Gasteiger partial charge in [0.1, 0.15) is 16.0 Å². The molecule has 0 N–H and O–H groups in total. The molecule has 5 heteroatoms. The third-order valence-electron chi connectivity index (χ3n) is 2.20. The van der Waals surface area contributed by atoms with E-state index in [4.69, 9.17) is 5.26 Å². The molecule has 0 aliphatic carbocycles. The van der Waals surface area contributed by atoms with Gasteiger partial charge in [-0.3, -0.25) is 0 Å². The molecule has 0 saturated carbocycles. The molecule has 0 amide bonds. The van der Waals surface area contributed by atoms with E-state index in [0.717, 1.165) is 9.88 Å². The first-order chi connectivity index (χ1) is 8.36. The van der Waals surface area contributed by atoms with E-state index in [2.05, 4.69) is 40.7 Å². The van der Waals surface area contributed by atoms with Crippen LogP contribution in [0.3, 0.4) is 0 Å². The first-order valence-electron chi connectivity index (χ1n) is 4.87. The fourth-order valence-electron chi connectivity index (χ4n) is 1.44. The van der Waals surface area contributed by atoms with Crippen molar-refractivity contribution >= 4 is 34.0 Å². The van der Waals surface area contributed by atoms with Crippen LogP contribution in [-0.2, 0) is 0 Å². The Morgan fingerprint density at radius 3 is 2.65 bits per heavy atom. The van der Waals surface area contributed by atoms with E-state index in [9.17, 15) is 0 Å². The Labute approximate surface area is 110 Å². The second kappa shape index (κ2) is 4.41. The third kappa shape index (κ3) is 2.03. The fourth-order valence-corrected chi connectivity index (χ4v) is 4.06. The minimum atomic E-state index is 0.658. The lowest BCUT2D eigenvalue weighted by atomic mass is 10.4. The van der Waals surface area contributed by atoms with Crippen LogP contribution in [0, 0.1) is 11.3 Å². The molecule has 3 aromatic rings. The van der Waals surface area contributed by atoms with Crippen LogP contribution in [0.25, 0.3) is 19.6 Å². The summed E-state index contributed by atoms with van der Waals surface area (Å²) < 4.78 is 0. The second-order valence-electron chi connectivity index (χ2n) is 3.28. The Balaban J connectivity index is 1.98. The SMILES string of the molecule is N#Cc1cnc(-c2ccc(-c3cccs3)s2)s1. The highest BCUT2D eigenvalue weighted by Crippen LogP contribution is 2.37. The normalized spacial score (nSPS) is 10.3. The van der Waals surface area contributed by atoms with Crippen molar-refractivity contribution in [2.45, 2.75) is 0 Å². The van der Waals surface area contributed by atoms with Gasteiger partial charge in [0.2, 0.25) is 0 Å². The van der Waals surface area contributed by atoms with Crippen molar-refractivity contribution in [3.05, 3.63) is 40.7 Å². The van der Waals surface area contributed by atoms with Gasteiger partial charge in [-0.05, 0) is 23.6 Å². The van der Waals surface area contributed by atoms with Crippen molar-refractivity contribution in [3.63, 3.8) is 0 Å².